The molecule has 1 atom stereocenters. The van der Waals surface area contributed by atoms with E-state index in [1.54, 1.807) is 32.3 Å². The third kappa shape index (κ3) is 3.75. The number of nitrogens with zero attached hydrogens (tertiary/aromatic N) is 2. The minimum atomic E-state index is -0.686. The molecule has 1 aromatic heterocycles. The third-order valence-electron chi connectivity index (χ3n) is 5.56. The first-order valence-electron chi connectivity index (χ1n) is 9.71. The van der Waals surface area contributed by atoms with Gasteiger partial charge in [-0.25, -0.2) is 4.79 Å². The molecule has 0 spiro atoms. The molecule has 1 aliphatic carbocycles. The molecule has 4 rings (SSSR count). The van der Waals surface area contributed by atoms with Crippen LogP contribution in [0.5, 0.6) is 0 Å². The monoisotopic (exact) mass is 464 g/mol. The van der Waals surface area contributed by atoms with Gasteiger partial charge in [-0.1, -0.05) is 48.5 Å². The quantitative estimate of drug-likeness (QED) is 0.480. The molecule has 0 saturated carbocycles. The van der Waals surface area contributed by atoms with Crippen molar-refractivity contribution in [1.82, 2.24) is 9.88 Å². The Morgan fingerprint density at radius 3 is 2.20 bits per heavy atom. The number of hydrogen-bond donors (Lipinski definition) is 0. The zero-order valence-electron chi connectivity index (χ0n) is 16.7. The van der Waals surface area contributed by atoms with Crippen LogP contribution in [0.3, 0.4) is 0 Å². The number of carbonyl (C=O) groups excluding carboxylic acids is 2. The zero-order valence-corrected chi connectivity index (χ0v) is 18.3. The maximum Gasteiger partial charge on any atom is 0.410 e. The molecule has 6 heteroatoms. The average Bonchev–Trinajstić information content (AvgIpc) is 3.10. The van der Waals surface area contributed by atoms with Crippen LogP contribution in [0.2, 0.25) is 0 Å². The smallest absolute Gasteiger partial charge is 0.410 e. The lowest BCUT2D eigenvalue weighted by atomic mass is 9.98. The van der Waals surface area contributed by atoms with Gasteiger partial charge in [-0.05, 0) is 57.2 Å². The highest BCUT2D eigenvalue weighted by Crippen LogP contribution is 2.44. The van der Waals surface area contributed by atoms with Crippen LogP contribution in [0.1, 0.15) is 34.5 Å². The summed E-state index contributed by atoms with van der Waals surface area (Å²) in [7, 11) is 1.57. The molecule has 0 saturated heterocycles. The van der Waals surface area contributed by atoms with Crippen molar-refractivity contribution in [1.29, 1.82) is 0 Å². The van der Waals surface area contributed by atoms with Crippen molar-refractivity contribution in [2.24, 2.45) is 0 Å². The second kappa shape index (κ2) is 8.40. The van der Waals surface area contributed by atoms with Gasteiger partial charge in [0.05, 0.1) is 6.04 Å². The Labute approximate surface area is 183 Å². The van der Waals surface area contributed by atoms with Crippen LogP contribution in [-0.4, -0.2) is 41.5 Å². The van der Waals surface area contributed by atoms with E-state index in [9.17, 15) is 9.59 Å². The van der Waals surface area contributed by atoms with Crippen molar-refractivity contribution in [3.8, 4) is 11.1 Å². The summed E-state index contributed by atoms with van der Waals surface area (Å²) in [6, 6.07) is 19.1. The number of ether oxygens (including phenoxy) is 1. The molecule has 0 radical (unpaired) electrons. The Hall–Kier alpha value is -2.99. The molecule has 1 heterocycles. The second-order valence-corrected chi connectivity index (χ2v) is 8.23. The van der Waals surface area contributed by atoms with Crippen LogP contribution in [-0.2, 0) is 4.74 Å². The second-order valence-electron chi connectivity index (χ2n) is 7.32. The number of rotatable bonds is 5. The average molecular weight is 465 g/mol. The van der Waals surface area contributed by atoms with Crippen molar-refractivity contribution in [2.75, 3.05) is 13.7 Å². The van der Waals surface area contributed by atoms with E-state index in [1.165, 1.54) is 16.0 Å². The lowest BCUT2D eigenvalue weighted by Crippen LogP contribution is -2.41. The summed E-state index contributed by atoms with van der Waals surface area (Å²) in [6.07, 6.45) is 1.03. The van der Waals surface area contributed by atoms with Crippen LogP contribution < -0.4 is 0 Å². The van der Waals surface area contributed by atoms with Crippen molar-refractivity contribution < 1.29 is 14.3 Å². The van der Waals surface area contributed by atoms with Crippen LogP contribution >= 0.6 is 15.9 Å². The van der Waals surface area contributed by atoms with E-state index in [-0.39, 0.29) is 18.3 Å². The zero-order chi connectivity index (χ0) is 21.3. The number of likely N-dealkylation sites (N-methyl/N-ethyl adjacent to an activating group) is 1. The Balaban J connectivity index is 1.45. The largest absolute Gasteiger partial charge is 0.448 e. The molecule has 1 amide bonds. The van der Waals surface area contributed by atoms with Gasteiger partial charge in [0.2, 0.25) is 5.78 Å². The predicted molar refractivity (Wildman–Crippen MR) is 119 cm³/mol. The van der Waals surface area contributed by atoms with E-state index in [0.717, 1.165) is 15.6 Å². The van der Waals surface area contributed by atoms with E-state index in [2.05, 4.69) is 45.2 Å². The molecule has 1 aliphatic rings. The molecule has 152 valence electrons. The first kappa shape index (κ1) is 20.3. The van der Waals surface area contributed by atoms with Crippen molar-refractivity contribution >= 4 is 27.8 Å². The predicted octanol–water partition coefficient (Wildman–Crippen LogP) is 5.30. The summed E-state index contributed by atoms with van der Waals surface area (Å²) in [6.45, 7) is 1.89. The number of hydrogen-bond acceptors (Lipinski definition) is 4. The minimum absolute atomic E-state index is 0.0195. The Morgan fingerprint density at radius 2 is 1.63 bits per heavy atom. The topological polar surface area (TPSA) is 59.5 Å². The van der Waals surface area contributed by atoms with Crippen molar-refractivity contribution in [2.45, 2.75) is 18.9 Å². The lowest BCUT2D eigenvalue weighted by Gasteiger charge is -2.24. The first-order valence-corrected chi connectivity index (χ1v) is 10.5. The lowest BCUT2D eigenvalue weighted by molar-refractivity contribution is 0.0751. The van der Waals surface area contributed by atoms with E-state index in [0.29, 0.717) is 5.69 Å². The molecule has 0 bridgehead atoms. The molecule has 1 unspecified atom stereocenters. The number of halogens is 1. The molecular formula is C24H21BrN2O3. The molecular weight excluding hydrogens is 444 g/mol. The van der Waals surface area contributed by atoms with Gasteiger partial charge in [0, 0.05) is 23.6 Å². The van der Waals surface area contributed by atoms with E-state index >= 15 is 0 Å². The van der Waals surface area contributed by atoms with Gasteiger partial charge in [0.1, 0.15) is 12.3 Å². The highest BCUT2D eigenvalue weighted by Gasteiger charge is 2.31. The third-order valence-corrected chi connectivity index (χ3v) is 6.03. The molecule has 30 heavy (non-hydrogen) atoms. The van der Waals surface area contributed by atoms with Gasteiger partial charge >= 0.3 is 6.09 Å². The number of aromatic nitrogens is 1. The van der Waals surface area contributed by atoms with Gasteiger partial charge < -0.3 is 9.64 Å². The number of ketones is 1. The summed E-state index contributed by atoms with van der Waals surface area (Å²) >= 11 is 3.30. The fraction of sp³-hybridized carbons (Fsp3) is 0.208. The van der Waals surface area contributed by atoms with Gasteiger partial charge in [-0.3, -0.25) is 9.78 Å². The highest BCUT2D eigenvalue weighted by atomic mass is 79.9. The summed E-state index contributed by atoms with van der Waals surface area (Å²) < 4.78 is 6.42. The summed E-state index contributed by atoms with van der Waals surface area (Å²) in [5.41, 5.74) is 4.96. The van der Waals surface area contributed by atoms with Crippen LogP contribution in [0.4, 0.5) is 4.79 Å². The number of fused-ring (bicyclic) bond motifs is 3. The van der Waals surface area contributed by atoms with Gasteiger partial charge in [-0.15, -0.1) is 0 Å². The standard InChI is InChI=1S/C24H21BrN2O3/c1-15(23(28)22-12-11-16(25)13-26-22)27(2)24(29)30-14-21-19-9-5-3-7-17(19)18-8-4-6-10-20(18)21/h3-13,15,21H,14H2,1-2H3. The van der Waals surface area contributed by atoms with Crippen LogP contribution in [0.15, 0.2) is 71.3 Å². The SMILES string of the molecule is CC(C(=O)c1ccc(Br)cn1)N(C)C(=O)OCC1c2ccccc2-c2ccccc21. The number of pyridine rings is 1. The minimum Gasteiger partial charge on any atom is -0.448 e. The number of benzene rings is 2. The van der Waals surface area contributed by atoms with Gasteiger partial charge in [-0.2, -0.15) is 0 Å². The first-order chi connectivity index (χ1) is 14.5. The number of Topliss-reactive ketones (excluding diaryl/α,β-unsaturated/α-hetero) is 1. The van der Waals surface area contributed by atoms with Gasteiger partial charge in [0.25, 0.3) is 0 Å². The molecule has 2 aromatic carbocycles. The van der Waals surface area contributed by atoms with Crippen molar-refractivity contribution in [3.05, 3.63) is 88.2 Å². The maximum atomic E-state index is 12.7. The fourth-order valence-corrected chi connectivity index (χ4v) is 4.00. The molecule has 0 aliphatic heterocycles. The molecule has 0 N–H and O–H groups in total. The Bertz CT molecular complexity index is 1050. The summed E-state index contributed by atoms with van der Waals surface area (Å²) in [5, 5.41) is 0. The summed E-state index contributed by atoms with van der Waals surface area (Å²) in [4.78, 5) is 30.8. The highest BCUT2D eigenvalue weighted by molar-refractivity contribution is 9.10. The van der Waals surface area contributed by atoms with E-state index in [4.69, 9.17) is 4.74 Å². The number of carbonyl (C=O) groups is 2. The normalized spacial score (nSPS) is 13.3. The Morgan fingerprint density at radius 1 is 1.03 bits per heavy atom. The van der Waals surface area contributed by atoms with Gasteiger partial charge in [0.15, 0.2) is 0 Å². The Kier molecular flexibility index (Phi) is 5.68. The molecule has 0 fully saturated rings. The summed E-state index contributed by atoms with van der Waals surface area (Å²) in [5.74, 6) is -0.257. The van der Waals surface area contributed by atoms with E-state index < -0.39 is 12.1 Å². The maximum absolute atomic E-state index is 12.7. The fourth-order valence-electron chi connectivity index (χ4n) is 3.77. The van der Waals surface area contributed by atoms with Crippen molar-refractivity contribution in [3.63, 3.8) is 0 Å². The van der Waals surface area contributed by atoms with Crippen LogP contribution in [0.25, 0.3) is 11.1 Å². The van der Waals surface area contributed by atoms with Crippen LogP contribution in [0, 0.1) is 0 Å². The molecule has 5 nitrogen and oxygen atoms in total. The molecule has 3 aromatic rings. The number of amides is 1. The van der Waals surface area contributed by atoms with E-state index in [1.807, 2.05) is 24.3 Å².